The first-order valence-electron chi connectivity index (χ1n) is 8.93. The van der Waals surface area contributed by atoms with E-state index in [1.807, 2.05) is 6.92 Å². The van der Waals surface area contributed by atoms with Gasteiger partial charge in [-0.3, -0.25) is 4.79 Å². The summed E-state index contributed by atoms with van der Waals surface area (Å²) in [6, 6.07) is 3.98. The molecule has 1 saturated heterocycles. The summed E-state index contributed by atoms with van der Waals surface area (Å²) >= 11 is 6.12. The van der Waals surface area contributed by atoms with Gasteiger partial charge in [0, 0.05) is 18.5 Å². The highest BCUT2D eigenvalue weighted by Crippen LogP contribution is 2.29. The van der Waals surface area contributed by atoms with Gasteiger partial charge in [-0.1, -0.05) is 39.3 Å². The Hall–Kier alpha value is -1.44. The van der Waals surface area contributed by atoms with Crippen LogP contribution < -0.4 is 0 Å². The predicted octanol–water partition coefficient (Wildman–Crippen LogP) is 3.53. The summed E-state index contributed by atoms with van der Waals surface area (Å²) in [7, 11) is -3.81. The molecule has 1 aromatic rings. The third-order valence-electron chi connectivity index (χ3n) is 4.58. The fraction of sp³-hybridized carbons (Fsp3) is 0.579. The number of carbonyl (C=O) groups excluding carboxylic acids is 2. The van der Waals surface area contributed by atoms with Gasteiger partial charge in [0.15, 0.2) is 12.4 Å². The third kappa shape index (κ3) is 5.30. The minimum absolute atomic E-state index is 0.0461. The summed E-state index contributed by atoms with van der Waals surface area (Å²) in [5.74, 6) is -0.712. The first kappa shape index (κ1) is 21.9. The molecule has 0 aromatic heterocycles. The number of nitrogens with zero attached hydrogens (tertiary/aromatic N) is 1. The number of ether oxygens (including phenoxy) is 1. The van der Waals surface area contributed by atoms with Gasteiger partial charge in [0.1, 0.15) is 4.90 Å². The van der Waals surface area contributed by atoms with Crippen molar-refractivity contribution in [3.8, 4) is 0 Å². The van der Waals surface area contributed by atoms with E-state index in [-0.39, 0.29) is 33.8 Å². The molecule has 1 atom stereocenters. The number of carbonyl (C=O) groups is 2. The molecule has 2 rings (SSSR count). The van der Waals surface area contributed by atoms with Gasteiger partial charge in [-0.2, -0.15) is 4.31 Å². The van der Waals surface area contributed by atoms with Crippen molar-refractivity contribution in [2.45, 2.75) is 45.4 Å². The van der Waals surface area contributed by atoms with Crippen molar-refractivity contribution < 1.29 is 22.7 Å². The van der Waals surface area contributed by atoms with Crippen molar-refractivity contribution in [1.82, 2.24) is 4.31 Å². The second-order valence-corrected chi connectivity index (χ2v) is 10.3. The molecule has 0 radical (unpaired) electrons. The minimum Gasteiger partial charge on any atom is -0.454 e. The molecular formula is C19H26ClNO5S. The Morgan fingerprint density at radius 3 is 2.56 bits per heavy atom. The highest BCUT2D eigenvalue weighted by Gasteiger charge is 2.31. The van der Waals surface area contributed by atoms with Crippen molar-refractivity contribution in [1.29, 1.82) is 0 Å². The lowest BCUT2D eigenvalue weighted by Crippen LogP contribution is -2.39. The third-order valence-corrected chi connectivity index (χ3v) is 6.92. The van der Waals surface area contributed by atoms with Crippen LogP contribution in [0.3, 0.4) is 0 Å². The van der Waals surface area contributed by atoms with Gasteiger partial charge in [0.05, 0.1) is 10.6 Å². The van der Waals surface area contributed by atoms with Crippen LogP contribution in [0.4, 0.5) is 0 Å². The van der Waals surface area contributed by atoms with Gasteiger partial charge < -0.3 is 4.74 Å². The highest BCUT2D eigenvalue weighted by atomic mass is 35.5. The smallest absolute Gasteiger partial charge is 0.338 e. The fourth-order valence-corrected chi connectivity index (χ4v) is 4.86. The molecule has 0 spiro atoms. The van der Waals surface area contributed by atoms with Gasteiger partial charge in [-0.15, -0.1) is 0 Å². The molecule has 0 bridgehead atoms. The molecule has 1 heterocycles. The van der Waals surface area contributed by atoms with Crippen LogP contribution >= 0.6 is 11.6 Å². The first-order chi connectivity index (χ1) is 12.4. The standard InChI is InChI=1S/C19H26ClNO5S/c1-13-6-5-9-21(11-13)27(24,25)16-10-14(7-8-15(16)20)18(23)26-12-17(22)19(2,3)4/h7-8,10,13H,5-6,9,11-12H2,1-4H3. The number of piperidine rings is 1. The van der Waals surface area contributed by atoms with Crippen molar-refractivity contribution in [2.75, 3.05) is 19.7 Å². The summed E-state index contributed by atoms with van der Waals surface area (Å²) in [4.78, 5) is 24.1. The lowest BCUT2D eigenvalue weighted by Gasteiger charge is -2.30. The topological polar surface area (TPSA) is 80.8 Å². The number of ketones is 1. The Balaban J connectivity index is 2.22. The van der Waals surface area contributed by atoms with E-state index in [0.717, 1.165) is 12.8 Å². The van der Waals surface area contributed by atoms with E-state index in [2.05, 4.69) is 0 Å². The molecule has 1 fully saturated rings. The van der Waals surface area contributed by atoms with E-state index in [1.54, 1.807) is 20.8 Å². The van der Waals surface area contributed by atoms with Gasteiger partial charge in [0.25, 0.3) is 0 Å². The molecule has 8 heteroatoms. The molecule has 1 unspecified atom stereocenters. The number of halogens is 1. The number of benzene rings is 1. The number of hydrogen-bond acceptors (Lipinski definition) is 5. The monoisotopic (exact) mass is 415 g/mol. The van der Waals surface area contributed by atoms with Crippen LogP contribution in [0.15, 0.2) is 23.1 Å². The van der Waals surface area contributed by atoms with Crippen LogP contribution in [-0.2, 0) is 19.6 Å². The van der Waals surface area contributed by atoms with Crippen LogP contribution in [0, 0.1) is 11.3 Å². The van der Waals surface area contributed by atoms with Crippen molar-refractivity contribution >= 4 is 33.4 Å². The van der Waals surface area contributed by atoms with Crippen LogP contribution in [0.1, 0.15) is 50.9 Å². The van der Waals surface area contributed by atoms with E-state index in [0.29, 0.717) is 13.1 Å². The maximum absolute atomic E-state index is 13.0. The minimum atomic E-state index is -3.81. The molecule has 0 N–H and O–H groups in total. The zero-order valence-electron chi connectivity index (χ0n) is 16.1. The highest BCUT2D eigenvalue weighted by molar-refractivity contribution is 7.89. The second-order valence-electron chi connectivity index (χ2n) is 8.00. The lowest BCUT2D eigenvalue weighted by atomic mass is 9.91. The number of Topliss-reactive ketones (excluding diaryl/α,β-unsaturated/α-hetero) is 1. The number of esters is 1. The Kier molecular flexibility index (Phi) is 6.71. The molecule has 27 heavy (non-hydrogen) atoms. The quantitative estimate of drug-likeness (QED) is 0.687. The average Bonchev–Trinajstić information content (AvgIpc) is 2.58. The summed E-state index contributed by atoms with van der Waals surface area (Å²) in [6.07, 6.45) is 1.77. The fourth-order valence-electron chi connectivity index (χ4n) is 2.76. The maximum Gasteiger partial charge on any atom is 0.338 e. The van der Waals surface area contributed by atoms with Crippen molar-refractivity contribution in [2.24, 2.45) is 11.3 Å². The SMILES string of the molecule is CC1CCCN(S(=O)(=O)c2cc(C(=O)OCC(=O)C(C)(C)C)ccc2Cl)C1. The van der Waals surface area contributed by atoms with Gasteiger partial charge >= 0.3 is 5.97 Å². The lowest BCUT2D eigenvalue weighted by molar-refractivity contribution is -0.129. The van der Waals surface area contributed by atoms with E-state index < -0.39 is 21.4 Å². The molecule has 6 nitrogen and oxygen atoms in total. The summed E-state index contributed by atoms with van der Waals surface area (Å²) in [6.45, 7) is 7.69. The largest absolute Gasteiger partial charge is 0.454 e. The Morgan fingerprint density at radius 1 is 1.30 bits per heavy atom. The number of rotatable bonds is 5. The molecule has 150 valence electrons. The maximum atomic E-state index is 13.0. The molecule has 1 aromatic carbocycles. The Labute approximate surface area is 165 Å². The van der Waals surface area contributed by atoms with E-state index in [9.17, 15) is 18.0 Å². The molecule has 1 aliphatic heterocycles. The van der Waals surface area contributed by atoms with Crippen LogP contribution in [-0.4, -0.2) is 44.2 Å². The van der Waals surface area contributed by atoms with Crippen LogP contribution in [0.2, 0.25) is 5.02 Å². The summed E-state index contributed by atoms with van der Waals surface area (Å²) in [5, 5.41) is 0.0514. The molecule has 0 saturated carbocycles. The zero-order chi connectivity index (χ0) is 20.4. The molecular weight excluding hydrogens is 390 g/mol. The first-order valence-corrected chi connectivity index (χ1v) is 10.7. The number of sulfonamides is 1. The zero-order valence-corrected chi connectivity index (χ0v) is 17.7. The van der Waals surface area contributed by atoms with E-state index >= 15 is 0 Å². The predicted molar refractivity (Wildman–Crippen MR) is 103 cm³/mol. The van der Waals surface area contributed by atoms with Gasteiger partial charge in [0.2, 0.25) is 10.0 Å². The molecule has 0 aliphatic carbocycles. The molecule has 0 amide bonds. The summed E-state index contributed by atoms with van der Waals surface area (Å²) < 4.78 is 32.4. The normalized spacial score (nSPS) is 18.9. The van der Waals surface area contributed by atoms with Gasteiger partial charge in [-0.25, -0.2) is 13.2 Å². The van der Waals surface area contributed by atoms with Crippen molar-refractivity contribution in [3.63, 3.8) is 0 Å². The van der Waals surface area contributed by atoms with E-state index in [4.69, 9.17) is 16.3 Å². The Bertz CT molecular complexity index is 829. The van der Waals surface area contributed by atoms with Gasteiger partial charge in [-0.05, 0) is 37.0 Å². The van der Waals surface area contributed by atoms with Crippen LogP contribution in [0.25, 0.3) is 0 Å². The summed E-state index contributed by atoms with van der Waals surface area (Å²) in [5.41, 5.74) is -0.579. The number of hydrogen-bond donors (Lipinski definition) is 0. The average molecular weight is 416 g/mol. The van der Waals surface area contributed by atoms with Crippen LogP contribution in [0.5, 0.6) is 0 Å². The van der Waals surface area contributed by atoms with E-state index in [1.165, 1.54) is 22.5 Å². The van der Waals surface area contributed by atoms with Crippen molar-refractivity contribution in [3.05, 3.63) is 28.8 Å². The second kappa shape index (κ2) is 8.29. The molecule has 1 aliphatic rings. The Morgan fingerprint density at radius 2 is 1.96 bits per heavy atom.